The third-order valence-electron chi connectivity index (χ3n) is 13.1. The van der Waals surface area contributed by atoms with E-state index in [4.69, 9.17) is 18.9 Å². The predicted octanol–water partition coefficient (Wildman–Crippen LogP) is 8.98. The normalized spacial score (nSPS) is 29.5. The van der Waals surface area contributed by atoms with Gasteiger partial charge in [-0.1, -0.05) is 55.6 Å². The molecule has 4 saturated carbocycles. The number of hydrogen-bond acceptors (Lipinski definition) is 12. The van der Waals surface area contributed by atoms with Gasteiger partial charge >= 0.3 is 35.3 Å². The van der Waals surface area contributed by atoms with Crippen molar-refractivity contribution in [1.29, 1.82) is 0 Å². The summed E-state index contributed by atoms with van der Waals surface area (Å²) in [6.07, 6.45) is -10.0. The van der Waals surface area contributed by atoms with Crippen LogP contribution in [0.2, 0.25) is 0 Å². The molecule has 352 valence electrons. The first-order chi connectivity index (χ1) is 30.9. The number of fused-ring (bicyclic) bond motifs is 4. The molecule has 66 heavy (non-hydrogen) atoms. The summed E-state index contributed by atoms with van der Waals surface area (Å²) in [4.78, 5) is 49.1. The van der Waals surface area contributed by atoms with Crippen molar-refractivity contribution in [3.05, 3.63) is 103 Å². The van der Waals surface area contributed by atoms with Gasteiger partial charge in [0, 0.05) is 38.8 Å². The van der Waals surface area contributed by atoms with E-state index in [1.165, 1.54) is 32.0 Å². The maximum Gasteiger partial charge on any atom is 0.432 e. The Morgan fingerprint density at radius 2 is 1.35 bits per heavy atom. The van der Waals surface area contributed by atoms with E-state index in [0.29, 0.717) is 31.3 Å². The summed E-state index contributed by atoms with van der Waals surface area (Å²) in [5, 5.41) is -3.12. The van der Waals surface area contributed by atoms with Gasteiger partial charge in [-0.15, -0.1) is 0 Å². The van der Waals surface area contributed by atoms with Gasteiger partial charge in [-0.25, -0.2) is 18.0 Å². The van der Waals surface area contributed by atoms with Gasteiger partial charge in [-0.2, -0.15) is 22.0 Å². The first kappa shape index (κ1) is 47.3. The molecule has 8 atom stereocenters. The highest BCUT2D eigenvalue weighted by atomic mass is 32.2. The van der Waals surface area contributed by atoms with E-state index >= 15 is 0 Å². The number of thiophene rings is 1. The topological polar surface area (TPSA) is 172 Å². The summed E-state index contributed by atoms with van der Waals surface area (Å²) in [5.74, 6) is -3.72. The molecule has 0 amide bonds. The van der Waals surface area contributed by atoms with Crippen LogP contribution >= 0.6 is 10.5 Å². The minimum atomic E-state index is -6.78. The Hall–Kier alpha value is -5.24. The molecule has 3 aromatic carbocycles. The zero-order valence-corrected chi connectivity index (χ0v) is 37.2. The molecular formula is C47H45F5O12S2. The molecule has 12 nitrogen and oxygen atoms in total. The largest absolute Gasteiger partial charge is 0.743 e. The van der Waals surface area contributed by atoms with Crippen LogP contribution in [0.25, 0.3) is 25.1 Å². The Morgan fingerprint density at radius 3 is 1.88 bits per heavy atom. The first-order valence-electron chi connectivity index (χ1n) is 21.1. The van der Waals surface area contributed by atoms with Crippen LogP contribution in [-0.4, -0.2) is 84.4 Å². The average Bonchev–Trinajstić information content (AvgIpc) is 3.97. The molecule has 8 unspecified atom stereocenters. The van der Waals surface area contributed by atoms with E-state index < -0.39 is 68.8 Å². The Morgan fingerprint density at radius 1 is 0.803 bits per heavy atom. The lowest BCUT2D eigenvalue weighted by molar-refractivity contribution is -0.269. The van der Waals surface area contributed by atoms with Crippen molar-refractivity contribution in [1.82, 2.24) is 0 Å². The van der Waals surface area contributed by atoms with Gasteiger partial charge in [0.2, 0.25) is 0 Å². The molecule has 4 heterocycles. The van der Waals surface area contributed by atoms with Crippen LogP contribution in [0.1, 0.15) is 58.8 Å². The van der Waals surface area contributed by atoms with Crippen molar-refractivity contribution in [3.8, 4) is 4.90 Å². The highest BCUT2D eigenvalue weighted by Crippen LogP contribution is 2.64. The number of benzene rings is 3. The molecule has 4 aliphatic carbocycles. The summed E-state index contributed by atoms with van der Waals surface area (Å²) >= 11 is 0. The Kier molecular flexibility index (Phi) is 12.3. The second kappa shape index (κ2) is 17.1. The van der Waals surface area contributed by atoms with E-state index in [1.54, 1.807) is 6.92 Å². The lowest BCUT2D eigenvalue weighted by Crippen LogP contribution is -2.61. The number of hydrogen-bond donors (Lipinski definition) is 0. The second-order valence-electron chi connectivity index (χ2n) is 18.1. The molecule has 0 N–H and O–H groups in total. The Bertz CT molecular complexity index is 2670. The molecule has 7 fully saturated rings. The maximum absolute atomic E-state index is 13.8. The molecule has 3 saturated heterocycles. The van der Waals surface area contributed by atoms with E-state index in [0.717, 1.165) is 0 Å². The van der Waals surface area contributed by atoms with Crippen molar-refractivity contribution in [2.24, 2.45) is 23.2 Å². The van der Waals surface area contributed by atoms with Crippen LogP contribution < -0.4 is 0 Å². The predicted molar refractivity (Wildman–Crippen MR) is 228 cm³/mol. The number of rotatable bonds is 9. The number of esters is 4. The van der Waals surface area contributed by atoms with Gasteiger partial charge in [-0.3, -0.25) is 9.59 Å². The van der Waals surface area contributed by atoms with Gasteiger partial charge in [0.25, 0.3) is 6.10 Å². The minimum Gasteiger partial charge on any atom is -0.743 e. The number of ether oxygens (including phenoxy) is 5. The van der Waals surface area contributed by atoms with Crippen LogP contribution in [0.5, 0.6) is 0 Å². The van der Waals surface area contributed by atoms with E-state index in [-0.39, 0.29) is 71.2 Å². The van der Waals surface area contributed by atoms with Crippen LogP contribution in [-0.2, 0) is 53.0 Å². The maximum atomic E-state index is 13.8. The molecule has 3 aliphatic heterocycles. The highest BCUT2D eigenvalue weighted by Gasteiger charge is 2.68. The SMILES string of the molecule is C=C(C)C(=O)OC12CC3CC(C1)CC(C(=O)OC(C(F)(F)F)C(F)(F)S(=O)(=O)[O-])(C3)C2.C=C(C)C(=O)OC1C2CC3C(=O)OC1C3O2.c1ccc(-[s+]2c3ccccc3c3ccccc32)cc1. The van der Waals surface area contributed by atoms with Crippen molar-refractivity contribution in [2.45, 2.75) is 106 Å². The van der Waals surface area contributed by atoms with Crippen LogP contribution in [0, 0.1) is 23.2 Å². The fourth-order valence-corrected chi connectivity index (χ4v) is 13.6. The minimum absolute atomic E-state index is 0.0228. The second-order valence-corrected chi connectivity index (χ2v) is 21.5. The van der Waals surface area contributed by atoms with Crippen LogP contribution in [0.3, 0.4) is 0 Å². The van der Waals surface area contributed by atoms with E-state index in [2.05, 4.69) is 96.8 Å². The van der Waals surface area contributed by atoms with Crippen molar-refractivity contribution in [3.63, 3.8) is 0 Å². The van der Waals surface area contributed by atoms with Gasteiger partial charge in [-0.05, 0) is 101 Å². The fraction of sp³-hybridized carbons (Fsp3) is 0.447. The first-order valence-corrected chi connectivity index (χ1v) is 23.8. The summed E-state index contributed by atoms with van der Waals surface area (Å²) < 4.78 is 128. The molecule has 6 bridgehead atoms. The Labute approximate surface area is 378 Å². The monoisotopic (exact) mass is 960 g/mol. The number of halogens is 5. The van der Waals surface area contributed by atoms with Gasteiger partial charge in [0.1, 0.15) is 11.7 Å². The molecule has 7 aliphatic rings. The van der Waals surface area contributed by atoms with Crippen molar-refractivity contribution < 1.29 is 77.8 Å². The number of carbonyl (C=O) groups excluding carboxylic acids is 4. The molecule has 4 aromatic rings. The average molecular weight is 961 g/mol. The number of carbonyl (C=O) groups is 4. The molecule has 1 aromatic heterocycles. The number of alkyl halides is 5. The summed E-state index contributed by atoms with van der Waals surface area (Å²) in [7, 11) is -6.72. The third-order valence-corrected chi connectivity index (χ3v) is 16.3. The fourth-order valence-electron chi connectivity index (χ4n) is 10.8. The molecule has 0 radical (unpaired) electrons. The van der Waals surface area contributed by atoms with E-state index in [1.807, 2.05) is 0 Å². The molecule has 0 spiro atoms. The molecular weight excluding hydrogens is 916 g/mol. The summed E-state index contributed by atoms with van der Waals surface area (Å²) in [6.45, 7) is 9.95. The van der Waals surface area contributed by atoms with Crippen molar-refractivity contribution >= 4 is 64.6 Å². The lowest BCUT2D eigenvalue weighted by atomic mass is 9.48. The summed E-state index contributed by atoms with van der Waals surface area (Å²) in [5.41, 5.74) is -2.43. The summed E-state index contributed by atoms with van der Waals surface area (Å²) in [6, 6.07) is 28.4. The lowest BCUT2D eigenvalue weighted by Gasteiger charge is -2.59. The van der Waals surface area contributed by atoms with Gasteiger partial charge < -0.3 is 28.2 Å². The molecule has 11 rings (SSSR count). The smallest absolute Gasteiger partial charge is 0.432 e. The van der Waals surface area contributed by atoms with E-state index in [9.17, 15) is 54.1 Å². The van der Waals surface area contributed by atoms with Crippen molar-refractivity contribution in [2.75, 3.05) is 0 Å². The van der Waals surface area contributed by atoms with Crippen LogP contribution in [0.15, 0.2) is 103 Å². The van der Waals surface area contributed by atoms with Gasteiger partial charge in [0.05, 0.1) is 17.4 Å². The third kappa shape index (κ3) is 8.63. The zero-order valence-electron chi connectivity index (χ0n) is 35.6. The van der Waals surface area contributed by atoms with Gasteiger partial charge in [0.15, 0.2) is 36.6 Å². The standard InChI is InChI=1S/C18H21F5O7S.C18H13S.C11H12O5/c1-9(2)12(24)30-16-6-10-3-11(7-16)5-15(4-10,8-16)14(25)29-13(17(19,20)21)18(22,23)31(26,27)28;1-2-8-14(9-3-1)19-17-12-6-4-10-15(17)16-11-5-7-13-18(16)19;1-4(2)10(12)15-8-6-3-5-7(14-6)9(8)16-11(5)13/h10-11,13H,1,3-8H2,2H3,(H,26,27,28);1-13H;5-9H,1,3H2,2H3/q;+1;/p-1. The van der Waals surface area contributed by atoms with Crippen LogP contribution in [0.4, 0.5) is 22.0 Å². The Balaban J connectivity index is 0.000000144. The zero-order chi connectivity index (χ0) is 47.7. The quantitative estimate of drug-likeness (QED) is 0.0390. The molecule has 19 heteroatoms. The highest BCUT2D eigenvalue weighted by molar-refractivity contribution is 7.86.